The number of anilines is 1. The minimum absolute atomic E-state index is 0.108. The maximum absolute atomic E-state index is 12.7. The Balaban J connectivity index is 1.75. The molecule has 0 unspecified atom stereocenters. The SMILES string of the molecule is CN1CC[C@@H]2[C@H]1CCCCN2C(=O)Cn1nc(C(F)(F)F)nc1N. The third-order valence-corrected chi connectivity index (χ3v) is 4.90. The van der Waals surface area contributed by atoms with Gasteiger partial charge in [-0.25, -0.2) is 4.68 Å². The second-order valence-corrected chi connectivity index (χ2v) is 6.44. The molecule has 0 bridgehead atoms. The first kappa shape index (κ1) is 17.0. The van der Waals surface area contributed by atoms with Gasteiger partial charge in [0.2, 0.25) is 11.9 Å². The van der Waals surface area contributed by atoms with Gasteiger partial charge in [0.25, 0.3) is 5.82 Å². The lowest BCUT2D eigenvalue weighted by Gasteiger charge is -2.32. The number of hydrogen-bond acceptors (Lipinski definition) is 5. The van der Waals surface area contributed by atoms with Gasteiger partial charge in [0.05, 0.1) is 0 Å². The molecule has 0 radical (unpaired) electrons. The summed E-state index contributed by atoms with van der Waals surface area (Å²) < 4.78 is 38.8. The number of likely N-dealkylation sites (tertiary alicyclic amines) is 2. The molecule has 3 heterocycles. The molecule has 3 rings (SSSR count). The molecule has 2 aliphatic heterocycles. The number of halogens is 3. The normalized spacial score (nSPS) is 25.6. The van der Waals surface area contributed by atoms with Crippen LogP contribution in [-0.4, -0.2) is 62.7 Å². The lowest BCUT2D eigenvalue weighted by atomic mass is 10.0. The summed E-state index contributed by atoms with van der Waals surface area (Å²) in [5.74, 6) is -1.97. The fraction of sp³-hybridized carbons (Fsp3) is 0.786. The molecule has 0 aliphatic carbocycles. The number of nitrogen functional groups attached to an aromatic ring is 1. The summed E-state index contributed by atoms with van der Waals surface area (Å²) >= 11 is 0. The number of rotatable bonds is 2. The largest absolute Gasteiger partial charge is 0.453 e. The summed E-state index contributed by atoms with van der Waals surface area (Å²) in [5, 5.41) is 3.34. The van der Waals surface area contributed by atoms with Crippen LogP contribution in [-0.2, 0) is 17.5 Å². The number of likely N-dealkylation sites (N-methyl/N-ethyl adjacent to an activating group) is 1. The summed E-state index contributed by atoms with van der Waals surface area (Å²) in [7, 11) is 2.05. The number of nitrogens with two attached hydrogens (primary N) is 1. The molecular formula is C14H21F3N6O. The van der Waals surface area contributed by atoms with Crippen LogP contribution in [0.2, 0.25) is 0 Å². The van der Waals surface area contributed by atoms with E-state index in [4.69, 9.17) is 5.73 Å². The third-order valence-electron chi connectivity index (χ3n) is 4.90. The molecule has 134 valence electrons. The number of carbonyl (C=O) groups excluding carboxylic acids is 1. The van der Waals surface area contributed by atoms with E-state index >= 15 is 0 Å². The van der Waals surface area contributed by atoms with Crippen LogP contribution in [0.3, 0.4) is 0 Å². The molecule has 24 heavy (non-hydrogen) atoms. The van der Waals surface area contributed by atoms with Crippen molar-refractivity contribution in [3.63, 3.8) is 0 Å². The highest BCUT2D eigenvalue weighted by molar-refractivity contribution is 5.76. The van der Waals surface area contributed by atoms with E-state index in [1.165, 1.54) is 0 Å². The van der Waals surface area contributed by atoms with Crippen molar-refractivity contribution in [1.29, 1.82) is 0 Å². The van der Waals surface area contributed by atoms with Crippen molar-refractivity contribution < 1.29 is 18.0 Å². The summed E-state index contributed by atoms with van der Waals surface area (Å²) in [6, 6.07) is 0.423. The molecule has 0 spiro atoms. The molecule has 1 aromatic rings. The topological polar surface area (TPSA) is 80.3 Å². The van der Waals surface area contributed by atoms with E-state index < -0.39 is 17.9 Å². The second kappa shape index (κ2) is 6.23. The van der Waals surface area contributed by atoms with E-state index in [-0.39, 0.29) is 18.5 Å². The van der Waals surface area contributed by atoms with E-state index in [0.29, 0.717) is 12.6 Å². The molecule has 2 saturated heterocycles. The fourth-order valence-corrected chi connectivity index (χ4v) is 3.68. The molecular weight excluding hydrogens is 325 g/mol. The number of alkyl halides is 3. The van der Waals surface area contributed by atoms with E-state index in [9.17, 15) is 18.0 Å². The molecule has 10 heteroatoms. The summed E-state index contributed by atoms with van der Waals surface area (Å²) in [5.41, 5.74) is 5.49. The minimum atomic E-state index is -4.68. The van der Waals surface area contributed by atoms with Crippen LogP contribution in [0.15, 0.2) is 0 Å². The van der Waals surface area contributed by atoms with Crippen molar-refractivity contribution in [3.8, 4) is 0 Å². The number of nitrogens with zero attached hydrogens (tertiary/aromatic N) is 5. The molecule has 2 fully saturated rings. The van der Waals surface area contributed by atoms with E-state index in [0.717, 1.165) is 36.9 Å². The Kier molecular flexibility index (Phi) is 4.41. The summed E-state index contributed by atoms with van der Waals surface area (Å²) in [4.78, 5) is 19.9. The van der Waals surface area contributed by atoms with Crippen LogP contribution >= 0.6 is 0 Å². The van der Waals surface area contributed by atoms with Gasteiger partial charge in [-0.2, -0.15) is 18.2 Å². The van der Waals surface area contributed by atoms with Crippen molar-refractivity contribution in [3.05, 3.63) is 5.82 Å². The summed E-state index contributed by atoms with van der Waals surface area (Å²) in [6.07, 6.45) is -0.821. The second-order valence-electron chi connectivity index (χ2n) is 6.44. The molecule has 1 aromatic heterocycles. The number of hydrogen-bond donors (Lipinski definition) is 1. The predicted octanol–water partition coefficient (Wildman–Crippen LogP) is 0.964. The van der Waals surface area contributed by atoms with Crippen LogP contribution in [0.4, 0.5) is 19.1 Å². The first-order chi connectivity index (χ1) is 11.3. The Morgan fingerprint density at radius 2 is 2.00 bits per heavy atom. The van der Waals surface area contributed by atoms with Gasteiger partial charge in [0.15, 0.2) is 0 Å². The molecule has 1 amide bonds. The Hall–Kier alpha value is -1.84. The van der Waals surface area contributed by atoms with Gasteiger partial charge in [-0.05, 0) is 26.3 Å². The zero-order chi connectivity index (χ0) is 17.5. The standard InChI is InChI=1S/C14H21F3N6O/c1-21-7-5-10-9(21)4-2-3-6-22(10)11(24)8-23-13(18)19-12(20-23)14(15,16)17/h9-10H,2-8H2,1H3,(H2,18,19,20)/t9-,10-/m1/s1. The molecule has 0 aromatic carbocycles. The minimum Gasteiger partial charge on any atom is -0.368 e. The van der Waals surface area contributed by atoms with Gasteiger partial charge in [-0.1, -0.05) is 6.42 Å². The van der Waals surface area contributed by atoms with Crippen LogP contribution in [0, 0.1) is 0 Å². The van der Waals surface area contributed by atoms with Gasteiger partial charge in [0, 0.05) is 25.2 Å². The van der Waals surface area contributed by atoms with Gasteiger partial charge in [-0.3, -0.25) is 4.79 Å². The Labute approximate surface area is 137 Å². The molecule has 2 aliphatic rings. The first-order valence-corrected chi connectivity index (χ1v) is 8.04. The number of amides is 1. The molecule has 2 atom stereocenters. The quantitative estimate of drug-likeness (QED) is 0.863. The van der Waals surface area contributed by atoms with E-state index in [1.807, 2.05) is 7.05 Å². The highest BCUT2D eigenvalue weighted by Gasteiger charge is 2.40. The van der Waals surface area contributed by atoms with Crippen LogP contribution in [0.5, 0.6) is 0 Å². The van der Waals surface area contributed by atoms with Crippen LogP contribution in [0.25, 0.3) is 0 Å². The van der Waals surface area contributed by atoms with Crippen LogP contribution < -0.4 is 5.73 Å². The average Bonchev–Trinajstić information content (AvgIpc) is 2.95. The highest BCUT2D eigenvalue weighted by Crippen LogP contribution is 2.30. The fourth-order valence-electron chi connectivity index (χ4n) is 3.68. The number of fused-ring (bicyclic) bond motifs is 1. The lowest BCUT2D eigenvalue weighted by molar-refractivity contribution is -0.145. The van der Waals surface area contributed by atoms with Gasteiger partial charge in [-0.15, -0.1) is 5.10 Å². The van der Waals surface area contributed by atoms with Crippen molar-refractivity contribution in [1.82, 2.24) is 24.6 Å². The molecule has 7 nitrogen and oxygen atoms in total. The number of carbonyl (C=O) groups is 1. The Morgan fingerprint density at radius 1 is 1.25 bits per heavy atom. The van der Waals surface area contributed by atoms with Gasteiger partial charge >= 0.3 is 6.18 Å². The number of aromatic nitrogens is 3. The van der Waals surface area contributed by atoms with Crippen molar-refractivity contribution in [2.24, 2.45) is 0 Å². The molecule has 2 N–H and O–H groups in total. The van der Waals surface area contributed by atoms with Crippen molar-refractivity contribution in [2.75, 3.05) is 25.9 Å². The maximum Gasteiger partial charge on any atom is 0.453 e. The Bertz CT molecular complexity index is 616. The van der Waals surface area contributed by atoms with Gasteiger partial charge in [0.1, 0.15) is 6.54 Å². The van der Waals surface area contributed by atoms with Gasteiger partial charge < -0.3 is 15.5 Å². The van der Waals surface area contributed by atoms with Crippen LogP contribution in [0.1, 0.15) is 31.5 Å². The highest BCUT2D eigenvalue weighted by atomic mass is 19.4. The van der Waals surface area contributed by atoms with E-state index in [2.05, 4.69) is 15.0 Å². The third kappa shape index (κ3) is 3.19. The average molecular weight is 346 g/mol. The lowest BCUT2D eigenvalue weighted by Crippen LogP contribution is -2.47. The Morgan fingerprint density at radius 3 is 2.67 bits per heavy atom. The smallest absolute Gasteiger partial charge is 0.368 e. The van der Waals surface area contributed by atoms with E-state index in [1.54, 1.807) is 4.90 Å². The maximum atomic E-state index is 12.7. The zero-order valence-electron chi connectivity index (χ0n) is 13.5. The zero-order valence-corrected chi connectivity index (χ0v) is 13.5. The summed E-state index contributed by atoms with van der Waals surface area (Å²) in [6.45, 7) is 1.22. The van der Waals surface area contributed by atoms with Crippen molar-refractivity contribution >= 4 is 11.9 Å². The van der Waals surface area contributed by atoms with Crippen molar-refractivity contribution in [2.45, 2.75) is 50.5 Å². The first-order valence-electron chi connectivity index (χ1n) is 8.04. The predicted molar refractivity (Wildman–Crippen MR) is 79.8 cm³/mol. The molecule has 0 saturated carbocycles. The monoisotopic (exact) mass is 346 g/mol.